The molecule has 1 aromatic rings. The first-order valence-electron chi connectivity index (χ1n) is 4.40. The summed E-state index contributed by atoms with van der Waals surface area (Å²) in [5, 5.41) is 0.481. The lowest BCUT2D eigenvalue weighted by atomic mass is 10.0. The van der Waals surface area contributed by atoms with Crippen LogP contribution < -0.4 is 5.73 Å². The minimum absolute atomic E-state index is 0.0128. The molecule has 1 aliphatic rings. The smallest absolute Gasteiger partial charge is 0.263 e. The Bertz CT molecular complexity index is 361. The van der Waals surface area contributed by atoms with E-state index < -0.39 is 12.0 Å². The summed E-state index contributed by atoms with van der Waals surface area (Å²) in [5.41, 5.74) is 6.09. The van der Waals surface area contributed by atoms with Crippen molar-refractivity contribution in [3.63, 3.8) is 0 Å². The van der Waals surface area contributed by atoms with Crippen LogP contribution in [0.1, 0.15) is 30.4 Å². The molecule has 14 heavy (non-hydrogen) atoms. The third kappa shape index (κ3) is 1.62. The molecule has 0 heterocycles. The molecular formula is C10H10ClF2N. The second-order valence-electron chi connectivity index (χ2n) is 3.70. The number of halogens is 3. The van der Waals surface area contributed by atoms with Gasteiger partial charge in [0.1, 0.15) is 0 Å². The van der Waals surface area contributed by atoms with Gasteiger partial charge in [-0.1, -0.05) is 17.7 Å². The minimum atomic E-state index is -2.46. The molecule has 1 nitrogen and oxygen atoms in total. The molecule has 0 bridgehead atoms. The van der Waals surface area contributed by atoms with E-state index in [0.29, 0.717) is 10.6 Å². The molecule has 0 amide bonds. The SMILES string of the molecule is NC1(c2cc(C(F)F)ccc2Cl)CC1. The Balaban J connectivity index is 2.43. The fraction of sp³-hybridized carbons (Fsp3) is 0.400. The summed E-state index contributed by atoms with van der Waals surface area (Å²) in [4.78, 5) is 0. The van der Waals surface area contributed by atoms with Crippen LogP contribution in [0.4, 0.5) is 8.78 Å². The van der Waals surface area contributed by atoms with Crippen LogP contribution in [0.2, 0.25) is 5.02 Å². The van der Waals surface area contributed by atoms with E-state index in [1.54, 1.807) is 0 Å². The highest BCUT2D eigenvalue weighted by molar-refractivity contribution is 6.31. The molecule has 1 aliphatic carbocycles. The topological polar surface area (TPSA) is 26.0 Å². The summed E-state index contributed by atoms with van der Waals surface area (Å²) in [6.45, 7) is 0. The zero-order valence-electron chi connectivity index (χ0n) is 7.43. The predicted molar refractivity (Wildman–Crippen MR) is 51.5 cm³/mol. The first-order valence-corrected chi connectivity index (χ1v) is 4.78. The van der Waals surface area contributed by atoms with Crippen molar-refractivity contribution in [1.82, 2.24) is 0 Å². The summed E-state index contributed by atoms with van der Waals surface area (Å²) in [7, 11) is 0. The fourth-order valence-electron chi connectivity index (χ4n) is 1.46. The van der Waals surface area contributed by atoms with Crippen molar-refractivity contribution in [2.75, 3.05) is 0 Å². The van der Waals surface area contributed by atoms with Crippen molar-refractivity contribution in [3.8, 4) is 0 Å². The van der Waals surface area contributed by atoms with Gasteiger partial charge in [0.05, 0.1) is 0 Å². The normalized spacial score (nSPS) is 18.6. The Morgan fingerprint density at radius 3 is 2.50 bits per heavy atom. The van der Waals surface area contributed by atoms with Gasteiger partial charge >= 0.3 is 0 Å². The third-order valence-electron chi connectivity index (χ3n) is 2.57. The first-order chi connectivity index (χ1) is 6.53. The van der Waals surface area contributed by atoms with Gasteiger partial charge in [0.15, 0.2) is 0 Å². The molecule has 76 valence electrons. The lowest BCUT2D eigenvalue weighted by Crippen LogP contribution is -2.19. The molecule has 4 heteroatoms. The van der Waals surface area contributed by atoms with E-state index in [-0.39, 0.29) is 5.56 Å². The monoisotopic (exact) mass is 217 g/mol. The zero-order chi connectivity index (χ0) is 10.3. The van der Waals surface area contributed by atoms with Gasteiger partial charge in [-0.25, -0.2) is 8.78 Å². The van der Waals surface area contributed by atoms with E-state index in [2.05, 4.69) is 0 Å². The zero-order valence-corrected chi connectivity index (χ0v) is 8.19. The van der Waals surface area contributed by atoms with Gasteiger partial charge in [0.2, 0.25) is 0 Å². The molecule has 0 saturated heterocycles. The molecule has 0 spiro atoms. The molecule has 2 rings (SSSR count). The van der Waals surface area contributed by atoms with Crippen molar-refractivity contribution in [2.24, 2.45) is 5.73 Å². The molecule has 0 aromatic heterocycles. The van der Waals surface area contributed by atoms with Crippen molar-refractivity contribution >= 4 is 11.6 Å². The van der Waals surface area contributed by atoms with E-state index in [4.69, 9.17) is 17.3 Å². The first kappa shape index (κ1) is 9.87. The molecule has 1 aromatic carbocycles. The quantitative estimate of drug-likeness (QED) is 0.809. The molecule has 2 N–H and O–H groups in total. The molecule has 0 atom stereocenters. The number of alkyl halides is 2. The van der Waals surface area contributed by atoms with E-state index in [9.17, 15) is 8.78 Å². The number of hydrogen-bond acceptors (Lipinski definition) is 1. The summed E-state index contributed by atoms with van der Waals surface area (Å²) >= 11 is 5.90. The van der Waals surface area contributed by atoms with Crippen molar-refractivity contribution in [1.29, 1.82) is 0 Å². The summed E-state index contributed by atoms with van der Waals surface area (Å²) in [5.74, 6) is 0. The van der Waals surface area contributed by atoms with Crippen LogP contribution in [0.5, 0.6) is 0 Å². The van der Waals surface area contributed by atoms with Gasteiger partial charge in [-0.3, -0.25) is 0 Å². The van der Waals surface area contributed by atoms with Gasteiger partial charge in [-0.05, 0) is 30.5 Å². The minimum Gasteiger partial charge on any atom is -0.321 e. The highest BCUT2D eigenvalue weighted by atomic mass is 35.5. The number of benzene rings is 1. The number of hydrogen-bond donors (Lipinski definition) is 1. The highest BCUT2D eigenvalue weighted by Crippen LogP contribution is 2.46. The summed E-state index contributed by atoms with van der Waals surface area (Å²) in [6.07, 6.45) is -0.827. The van der Waals surface area contributed by atoms with Crippen molar-refractivity contribution in [3.05, 3.63) is 34.3 Å². The maximum absolute atomic E-state index is 12.4. The lowest BCUT2D eigenvalue weighted by Gasteiger charge is -2.12. The van der Waals surface area contributed by atoms with Crippen LogP contribution in [0.15, 0.2) is 18.2 Å². The van der Waals surface area contributed by atoms with Crippen LogP contribution in [-0.4, -0.2) is 0 Å². The average Bonchev–Trinajstić information content (AvgIpc) is 2.85. The molecule has 0 unspecified atom stereocenters. The molecule has 1 saturated carbocycles. The molecule has 1 fully saturated rings. The molecule has 0 radical (unpaired) electrons. The Labute approximate surface area is 85.9 Å². The maximum atomic E-state index is 12.4. The summed E-state index contributed by atoms with van der Waals surface area (Å²) in [6, 6.07) is 4.24. The van der Waals surface area contributed by atoms with Crippen LogP contribution >= 0.6 is 11.6 Å². The van der Waals surface area contributed by atoms with E-state index in [0.717, 1.165) is 12.8 Å². The van der Waals surface area contributed by atoms with Crippen LogP contribution in [0, 0.1) is 0 Å². The Kier molecular flexibility index (Phi) is 2.24. The van der Waals surface area contributed by atoms with Crippen LogP contribution in [-0.2, 0) is 5.54 Å². The third-order valence-corrected chi connectivity index (χ3v) is 2.90. The van der Waals surface area contributed by atoms with Crippen molar-refractivity contribution in [2.45, 2.75) is 24.8 Å². The van der Waals surface area contributed by atoms with Gasteiger partial charge in [-0.15, -0.1) is 0 Å². The standard InChI is InChI=1S/C10H10ClF2N/c11-8-2-1-6(9(12)13)5-7(8)10(14)3-4-10/h1-2,5,9H,3-4,14H2. The summed E-state index contributed by atoms with van der Waals surface area (Å²) < 4.78 is 24.8. The lowest BCUT2D eigenvalue weighted by molar-refractivity contribution is 0.151. The second-order valence-corrected chi connectivity index (χ2v) is 4.10. The van der Waals surface area contributed by atoms with Crippen LogP contribution in [0.3, 0.4) is 0 Å². The van der Waals surface area contributed by atoms with Gasteiger partial charge in [-0.2, -0.15) is 0 Å². The van der Waals surface area contributed by atoms with Gasteiger partial charge in [0.25, 0.3) is 6.43 Å². The predicted octanol–water partition coefficient (Wildman–Crippen LogP) is 3.23. The Hall–Kier alpha value is -0.670. The van der Waals surface area contributed by atoms with Crippen LogP contribution in [0.25, 0.3) is 0 Å². The maximum Gasteiger partial charge on any atom is 0.263 e. The van der Waals surface area contributed by atoms with Crippen molar-refractivity contribution < 1.29 is 8.78 Å². The Morgan fingerprint density at radius 1 is 1.36 bits per heavy atom. The Morgan fingerprint density at radius 2 is 2.00 bits per heavy atom. The van der Waals surface area contributed by atoms with E-state index >= 15 is 0 Å². The van der Waals surface area contributed by atoms with Gasteiger partial charge in [0, 0.05) is 16.1 Å². The van der Waals surface area contributed by atoms with E-state index in [1.807, 2.05) is 0 Å². The second kappa shape index (κ2) is 3.17. The fourth-order valence-corrected chi connectivity index (χ4v) is 1.77. The average molecular weight is 218 g/mol. The molecule has 0 aliphatic heterocycles. The van der Waals surface area contributed by atoms with Gasteiger partial charge < -0.3 is 5.73 Å². The van der Waals surface area contributed by atoms with E-state index in [1.165, 1.54) is 18.2 Å². The number of nitrogens with two attached hydrogens (primary N) is 1. The highest BCUT2D eigenvalue weighted by Gasteiger charge is 2.41. The molecular weight excluding hydrogens is 208 g/mol. The largest absolute Gasteiger partial charge is 0.321 e. The number of rotatable bonds is 2.